The molecule has 1 fully saturated rings. The van der Waals surface area contributed by atoms with Crippen molar-refractivity contribution in [3.8, 4) is 0 Å². The summed E-state index contributed by atoms with van der Waals surface area (Å²) in [7, 11) is 0. The topological polar surface area (TPSA) is 69.6 Å². The quantitative estimate of drug-likeness (QED) is 0.717. The van der Waals surface area contributed by atoms with E-state index in [0.29, 0.717) is 32.0 Å². The van der Waals surface area contributed by atoms with Crippen molar-refractivity contribution in [1.29, 1.82) is 0 Å². The molecule has 0 saturated carbocycles. The van der Waals surface area contributed by atoms with Crippen LogP contribution < -0.4 is 5.32 Å². The van der Waals surface area contributed by atoms with E-state index in [0.717, 1.165) is 6.42 Å². The lowest BCUT2D eigenvalue weighted by molar-refractivity contribution is -0.148. The van der Waals surface area contributed by atoms with Gasteiger partial charge in [0.1, 0.15) is 6.04 Å². The van der Waals surface area contributed by atoms with Gasteiger partial charge in [-0.2, -0.15) is 0 Å². The fourth-order valence-electron chi connectivity index (χ4n) is 1.93. The first-order chi connectivity index (χ1) is 7.52. The van der Waals surface area contributed by atoms with E-state index in [2.05, 4.69) is 5.32 Å². The van der Waals surface area contributed by atoms with Crippen LogP contribution in [0.25, 0.3) is 0 Å². The number of nitrogens with one attached hydrogen (secondary N) is 1. The molecule has 0 bridgehead atoms. The highest BCUT2D eigenvalue weighted by atomic mass is 16.4. The average Bonchev–Trinajstić information content (AvgIpc) is 2.65. The zero-order chi connectivity index (χ0) is 12.1. The Labute approximate surface area is 95.8 Å². The Morgan fingerprint density at radius 2 is 2.19 bits per heavy atom. The Balaban J connectivity index is 2.38. The van der Waals surface area contributed by atoms with Crippen LogP contribution in [0, 0.1) is 0 Å². The van der Waals surface area contributed by atoms with E-state index in [-0.39, 0.29) is 5.91 Å². The third-order valence-corrected chi connectivity index (χ3v) is 2.75. The lowest BCUT2D eigenvalue weighted by atomic mass is 10.2. The van der Waals surface area contributed by atoms with E-state index in [1.54, 1.807) is 0 Å². The number of hydrogen-bond acceptors (Lipinski definition) is 3. The van der Waals surface area contributed by atoms with Crippen molar-refractivity contribution in [3.05, 3.63) is 0 Å². The highest BCUT2D eigenvalue weighted by molar-refractivity contribution is 5.84. The first-order valence-electron chi connectivity index (χ1n) is 5.78. The zero-order valence-electron chi connectivity index (χ0n) is 9.90. The standard InChI is InChI=1S/C11H20N2O3/c1-8(2)12-6-5-10(14)13-7-3-4-9(13)11(15)16/h8-9,12H,3-7H2,1-2H3,(H,15,16)/t9-/m0/s1. The number of likely N-dealkylation sites (tertiary alicyclic amines) is 1. The van der Waals surface area contributed by atoms with E-state index < -0.39 is 12.0 Å². The lowest BCUT2D eigenvalue weighted by Crippen LogP contribution is -2.41. The molecule has 1 rings (SSSR count). The number of hydrogen-bond donors (Lipinski definition) is 2. The van der Waals surface area contributed by atoms with Gasteiger partial charge in [-0.3, -0.25) is 4.79 Å². The summed E-state index contributed by atoms with van der Waals surface area (Å²) in [5.74, 6) is -0.944. The average molecular weight is 228 g/mol. The minimum absolute atomic E-state index is 0.0574. The molecule has 16 heavy (non-hydrogen) atoms. The molecule has 1 atom stereocenters. The summed E-state index contributed by atoms with van der Waals surface area (Å²) in [6.07, 6.45) is 1.75. The second kappa shape index (κ2) is 5.84. The maximum absolute atomic E-state index is 11.8. The molecule has 0 aliphatic carbocycles. The summed E-state index contributed by atoms with van der Waals surface area (Å²) in [5.41, 5.74) is 0. The monoisotopic (exact) mass is 228 g/mol. The van der Waals surface area contributed by atoms with Gasteiger partial charge in [-0.25, -0.2) is 4.79 Å². The number of nitrogens with zero attached hydrogens (tertiary/aromatic N) is 1. The minimum Gasteiger partial charge on any atom is -0.480 e. The molecule has 0 aromatic carbocycles. The van der Waals surface area contributed by atoms with Crippen LogP contribution in [0.2, 0.25) is 0 Å². The summed E-state index contributed by atoms with van der Waals surface area (Å²) in [6, 6.07) is -0.256. The van der Waals surface area contributed by atoms with Gasteiger partial charge in [-0.05, 0) is 12.8 Å². The van der Waals surface area contributed by atoms with Crippen LogP contribution in [0.3, 0.4) is 0 Å². The molecular weight excluding hydrogens is 208 g/mol. The maximum Gasteiger partial charge on any atom is 0.326 e. The molecular formula is C11H20N2O3. The van der Waals surface area contributed by atoms with E-state index in [1.165, 1.54) is 4.90 Å². The molecule has 1 aliphatic rings. The molecule has 0 unspecified atom stereocenters. The summed E-state index contributed by atoms with van der Waals surface area (Å²) in [4.78, 5) is 24.1. The molecule has 1 amide bonds. The Hall–Kier alpha value is -1.10. The van der Waals surface area contributed by atoms with Gasteiger partial charge in [0.15, 0.2) is 0 Å². The molecule has 1 saturated heterocycles. The smallest absolute Gasteiger partial charge is 0.326 e. The number of carboxylic acid groups (broad SMARTS) is 1. The van der Waals surface area contributed by atoms with Gasteiger partial charge in [-0.1, -0.05) is 13.8 Å². The Morgan fingerprint density at radius 1 is 1.50 bits per heavy atom. The SMILES string of the molecule is CC(C)NCCC(=O)N1CCC[C@H]1C(=O)O. The molecule has 1 aliphatic heterocycles. The number of carbonyl (C=O) groups excluding carboxylic acids is 1. The number of rotatable bonds is 5. The van der Waals surface area contributed by atoms with Crippen molar-refractivity contribution < 1.29 is 14.7 Å². The lowest BCUT2D eigenvalue weighted by Gasteiger charge is -2.21. The van der Waals surface area contributed by atoms with Gasteiger partial charge >= 0.3 is 5.97 Å². The summed E-state index contributed by atoms with van der Waals surface area (Å²) in [6.45, 7) is 5.22. The Morgan fingerprint density at radius 3 is 2.75 bits per heavy atom. The summed E-state index contributed by atoms with van der Waals surface area (Å²) < 4.78 is 0. The van der Waals surface area contributed by atoms with Crippen molar-refractivity contribution in [1.82, 2.24) is 10.2 Å². The minimum atomic E-state index is -0.886. The fraction of sp³-hybridized carbons (Fsp3) is 0.818. The molecule has 0 aromatic rings. The maximum atomic E-state index is 11.8. The molecule has 0 aromatic heterocycles. The van der Waals surface area contributed by atoms with Crippen LogP contribution in [-0.2, 0) is 9.59 Å². The van der Waals surface area contributed by atoms with Gasteiger partial charge < -0.3 is 15.3 Å². The second-order valence-electron chi connectivity index (χ2n) is 4.44. The third kappa shape index (κ3) is 3.48. The Kier molecular flexibility index (Phi) is 4.73. The van der Waals surface area contributed by atoms with E-state index in [4.69, 9.17) is 5.11 Å². The third-order valence-electron chi connectivity index (χ3n) is 2.75. The molecule has 5 heteroatoms. The van der Waals surface area contributed by atoms with Crippen molar-refractivity contribution >= 4 is 11.9 Å². The number of carbonyl (C=O) groups is 2. The summed E-state index contributed by atoms with van der Waals surface area (Å²) >= 11 is 0. The zero-order valence-corrected chi connectivity index (χ0v) is 9.90. The molecule has 2 N–H and O–H groups in total. The summed E-state index contributed by atoms with van der Waals surface area (Å²) in [5, 5.41) is 12.1. The predicted octanol–water partition coefficient (Wildman–Crippen LogP) is 0.450. The second-order valence-corrected chi connectivity index (χ2v) is 4.44. The molecule has 1 heterocycles. The molecule has 5 nitrogen and oxygen atoms in total. The first kappa shape index (κ1) is 13.0. The van der Waals surface area contributed by atoms with Crippen LogP contribution in [-0.4, -0.2) is 47.1 Å². The van der Waals surface area contributed by atoms with Crippen molar-refractivity contribution in [2.45, 2.75) is 45.2 Å². The van der Waals surface area contributed by atoms with E-state index in [9.17, 15) is 9.59 Å². The molecule has 0 spiro atoms. The number of aliphatic carboxylic acids is 1. The largest absolute Gasteiger partial charge is 0.480 e. The van der Waals surface area contributed by atoms with Crippen molar-refractivity contribution in [2.75, 3.05) is 13.1 Å². The van der Waals surface area contributed by atoms with Crippen molar-refractivity contribution in [2.24, 2.45) is 0 Å². The van der Waals surface area contributed by atoms with E-state index in [1.807, 2.05) is 13.8 Å². The van der Waals surface area contributed by atoms with Gasteiger partial charge in [0.05, 0.1) is 0 Å². The van der Waals surface area contributed by atoms with Gasteiger partial charge in [0, 0.05) is 25.6 Å². The Bertz CT molecular complexity index is 266. The van der Waals surface area contributed by atoms with Crippen LogP contribution in [0.4, 0.5) is 0 Å². The normalized spacial score (nSPS) is 20.4. The van der Waals surface area contributed by atoms with Crippen LogP contribution in [0.5, 0.6) is 0 Å². The van der Waals surface area contributed by atoms with Crippen LogP contribution >= 0.6 is 0 Å². The molecule has 92 valence electrons. The fourth-order valence-corrected chi connectivity index (χ4v) is 1.93. The molecule has 0 radical (unpaired) electrons. The highest BCUT2D eigenvalue weighted by Crippen LogP contribution is 2.18. The van der Waals surface area contributed by atoms with Gasteiger partial charge in [0.25, 0.3) is 0 Å². The van der Waals surface area contributed by atoms with Gasteiger partial charge in [-0.15, -0.1) is 0 Å². The first-order valence-corrected chi connectivity index (χ1v) is 5.78. The number of amides is 1. The van der Waals surface area contributed by atoms with Crippen LogP contribution in [0.15, 0.2) is 0 Å². The van der Waals surface area contributed by atoms with Crippen molar-refractivity contribution in [3.63, 3.8) is 0 Å². The van der Waals surface area contributed by atoms with Crippen LogP contribution in [0.1, 0.15) is 33.1 Å². The predicted molar refractivity (Wildman–Crippen MR) is 60.1 cm³/mol. The van der Waals surface area contributed by atoms with E-state index >= 15 is 0 Å². The number of carboxylic acids is 1. The highest BCUT2D eigenvalue weighted by Gasteiger charge is 2.33. The van der Waals surface area contributed by atoms with Gasteiger partial charge in [0.2, 0.25) is 5.91 Å².